The second kappa shape index (κ2) is 6.46. The van der Waals surface area contributed by atoms with E-state index in [9.17, 15) is 9.90 Å². The third-order valence-electron chi connectivity index (χ3n) is 3.25. The lowest BCUT2D eigenvalue weighted by molar-refractivity contribution is 0.0641. The largest absolute Gasteiger partial charge is 0.507 e. The van der Waals surface area contributed by atoms with Gasteiger partial charge >= 0.3 is 0 Å². The molecule has 0 atom stereocenters. The van der Waals surface area contributed by atoms with Gasteiger partial charge in [-0.1, -0.05) is 11.6 Å². The summed E-state index contributed by atoms with van der Waals surface area (Å²) in [5.41, 5.74) is 0.262. The molecule has 2 rings (SSSR count). The van der Waals surface area contributed by atoms with Crippen LogP contribution in [0.4, 0.5) is 0 Å². The lowest BCUT2D eigenvalue weighted by Gasteiger charge is -2.34. The van der Waals surface area contributed by atoms with Crippen molar-refractivity contribution in [3.05, 3.63) is 28.8 Å². The fourth-order valence-corrected chi connectivity index (χ4v) is 2.56. The quantitative estimate of drug-likeness (QED) is 0.869. The zero-order valence-corrected chi connectivity index (χ0v) is 12.0. The van der Waals surface area contributed by atoms with Gasteiger partial charge in [-0.2, -0.15) is 0 Å². The lowest BCUT2D eigenvalue weighted by Crippen LogP contribution is -2.49. The van der Waals surface area contributed by atoms with Crippen LogP contribution in [0.5, 0.6) is 5.75 Å². The van der Waals surface area contributed by atoms with Crippen LogP contribution in [0, 0.1) is 0 Å². The van der Waals surface area contributed by atoms with Crippen LogP contribution in [-0.4, -0.2) is 59.4 Å². The topological polar surface area (TPSA) is 43.8 Å². The fraction of sp³-hybridized carbons (Fsp3) is 0.462. The molecule has 0 radical (unpaired) electrons. The first-order valence-corrected chi connectivity index (χ1v) is 7.09. The number of carbonyl (C=O) groups excluding carboxylic acids is 1. The number of phenolic OH excluding ortho intramolecular Hbond substituents is 1. The van der Waals surface area contributed by atoms with Crippen molar-refractivity contribution >= 4 is 29.1 Å². The molecule has 4 nitrogen and oxygen atoms in total. The highest BCUT2D eigenvalue weighted by molar-refractivity contribution is 6.31. The molecule has 1 fully saturated rings. The van der Waals surface area contributed by atoms with Crippen molar-refractivity contribution in [2.75, 3.05) is 38.6 Å². The SMILES string of the molecule is O=C(c1cc(Cl)ccc1O)N1CCN(CCCl)CC1. The van der Waals surface area contributed by atoms with Crippen molar-refractivity contribution in [2.24, 2.45) is 0 Å². The first-order valence-electron chi connectivity index (χ1n) is 6.18. The summed E-state index contributed by atoms with van der Waals surface area (Å²) < 4.78 is 0. The Morgan fingerprint density at radius 1 is 1.26 bits per heavy atom. The molecule has 6 heteroatoms. The van der Waals surface area contributed by atoms with Crippen LogP contribution in [-0.2, 0) is 0 Å². The number of amides is 1. The molecule has 0 aromatic heterocycles. The molecular formula is C13H16Cl2N2O2. The number of aromatic hydroxyl groups is 1. The number of alkyl halides is 1. The second-order valence-corrected chi connectivity index (χ2v) is 5.30. The van der Waals surface area contributed by atoms with Gasteiger partial charge in [-0.25, -0.2) is 0 Å². The monoisotopic (exact) mass is 302 g/mol. The number of rotatable bonds is 3. The van der Waals surface area contributed by atoms with Gasteiger partial charge in [-0.05, 0) is 18.2 Å². The van der Waals surface area contributed by atoms with Gasteiger partial charge < -0.3 is 10.0 Å². The molecule has 1 saturated heterocycles. The lowest BCUT2D eigenvalue weighted by atomic mass is 10.1. The molecule has 19 heavy (non-hydrogen) atoms. The highest BCUT2D eigenvalue weighted by atomic mass is 35.5. The molecule has 0 saturated carbocycles. The molecule has 0 aliphatic carbocycles. The highest BCUT2D eigenvalue weighted by Crippen LogP contribution is 2.23. The van der Waals surface area contributed by atoms with E-state index >= 15 is 0 Å². The van der Waals surface area contributed by atoms with Gasteiger partial charge in [0.05, 0.1) is 5.56 Å². The van der Waals surface area contributed by atoms with Crippen LogP contribution in [0.25, 0.3) is 0 Å². The molecule has 1 aliphatic heterocycles. The number of carbonyl (C=O) groups is 1. The Hall–Kier alpha value is -0.970. The Kier molecular flexibility index (Phi) is 4.91. The molecule has 1 heterocycles. The Bertz CT molecular complexity index is 460. The summed E-state index contributed by atoms with van der Waals surface area (Å²) in [4.78, 5) is 16.2. The predicted octanol–water partition coefficient (Wildman–Crippen LogP) is 2.04. The van der Waals surface area contributed by atoms with E-state index in [4.69, 9.17) is 23.2 Å². The van der Waals surface area contributed by atoms with Crippen molar-refractivity contribution in [2.45, 2.75) is 0 Å². The Labute approximate surface area is 122 Å². The van der Waals surface area contributed by atoms with Gasteiger partial charge in [0.1, 0.15) is 5.75 Å². The molecule has 1 aromatic rings. The molecular weight excluding hydrogens is 287 g/mol. The Morgan fingerprint density at radius 3 is 2.58 bits per heavy atom. The molecule has 104 valence electrons. The van der Waals surface area contributed by atoms with E-state index in [1.807, 2.05) is 0 Å². The third-order valence-corrected chi connectivity index (χ3v) is 3.65. The van der Waals surface area contributed by atoms with Crippen LogP contribution < -0.4 is 0 Å². The summed E-state index contributed by atoms with van der Waals surface area (Å²) in [6.45, 7) is 3.73. The minimum Gasteiger partial charge on any atom is -0.507 e. The van der Waals surface area contributed by atoms with E-state index in [1.165, 1.54) is 12.1 Å². The predicted molar refractivity (Wildman–Crippen MR) is 76.2 cm³/mol. The Morgan fingerprint density at radius 2 is 1.95 bits per heavy atom. The summed E-state index contributed by atoms with van der Waals surface area (Å²) in [5, 5.41) is 10.2. The van der Waals surface area contributed by atoms with Gasteiger partial charge in [-0.15, -0.1) is 11.6 Å². The number of hydrogen-bond acceptors (Lipinski definition) is 3. The minimum absolute atomic E-state index is 0.0300. The maximum Gasteiger partial charge on any atom is 0.257 e. The van der Waals surface area contributed by atoms with E-state index in [0.717, 1.165) is 19.6 Å². The molecule has 0 spiro atoms. The van der Waals surface area contributed by atoms with Crippen LogP contribution in [0.2, 0.25) is 5.02 Å². The van der Waals surface area contributed by atoms with Crippen molar-refractivity contribution in [3.63, 3.8) is 0 Å². The molecule has 1 aromatic carbocycles. The maximum atomic E-state index is 12.3. The zero-order valence-electron chi connectivity index (χ0n) is 10.5. The maximum absolute atomic E-state index is 12.3. The molecule has 1 amide bonds. The number of phenols is 1. The molecule has 0 bridgehead atoms. The number of hydrogen-bond donors (Lipinski definition) is 1. The summed E-state index contributed by atoms with van der Waals surface area (Å²) in [6.07, 6.45) is 0. The minimum atomic E-state index is -0.175. The standard InChI is InChI=1S/C13H16Cl2N2O2/c14-3-4-16-5-7-17(8-6-16)13(19)11-9-10(15)1-2-12(11)18/h1-2,9,18H,3-8H2. The number of nitrogens with zero attached hydrogens (tertiary/aromatic N) is 2. The summed E-state index contributed by atoms with van der Waals surface area (Å²) in [7, 11) is 0. The first kappa shape index (κ1) is 14.4. The smallest absolute Gasteiger partial charge is 0.257 e. The highest BCUT2D eigenvalue weighted by Gasteiger charge is 2.23. The summed E-state index contributed by atoms with van der Waals surface area (Å²) >= 11 is 11.6. The Balaban J connectivity index is 2.03. The fourth-order valence-electron chi connectivity index (χ4n) is 2.14. The van der Waals surface area contributed by atoms with E-state index in [-0.39, 0.29) is 17.2 Å². The van der Waals surface area contributed by atoms with Gasteiger partial charge in [0.2, 0.25) is 0 Å². The summed E-state index contributed by atoms with van der Waals surface area (Å²) in [6, 6.07) is 4.51. The third kappa shape index (κ3) is 3.53. The normalized spacial score (nSPS) is 16.6. The van der Waals surface area contributed by atoms with Crippen molar-refractivity contribution in [1.82, 2.24) is 9.80 Å². The molecule has 1 aliphatic rings. The van der Waals surface area contributed by atoms with Crippen LogP contribution in [0.1, 0.15) is 10.4 Å². The number of piperazine rings is 1. The molecule has 0 unspecified atom stereocenters. The van der Waals surface area contributed by atoms with Crippen LogP contribution >= 0.6 is 23.2 Å². The van der Waals surface area contributed by atoms with Gasteiger partial charge in [0.15, 0.2) is 0 Å². The van der Waals surface area contributed by atoms with Gasteiger partial charge in [0.25, 0.3) is 5.91 Å². The zero-order chi connectivity index (χ0) is 13.8. The number of halogens is 2. The average Bonchev–Trinajstić information content (AvgIpc) is 2.42. The number of benzene rings is 1. The average molecular weight is 303 g/mol. The van der Waals surface area contributed by atoms with E-state index in [1.54, 1.807) is 11.0 Å². The first-order chi connectivity index (χ1) is 9.11. The molecule has 1 N–H and O–H groups in total. The van der Waals surface area contributed by atoms with E-state index in [0.29, 0.717) is 24.0 Å². The van der Waals surface area contributed by atoms with Gasteiger partial charge in [-0.3, -0.25) is 9.69 Å². The van der Waals surface area contributed by atoms with Crippen molar-refractivity contribution in [1.29, 1.82) is 0 Å². The van der Waals surface area contributed by atoms with Crippen LogP contribution in [0.15, 0.2) is 18.2 Å². The van der Waals surface area contributed by atoms with Crippen LogP contribution in [0.3, 0.4) is 0 Å². The van der Waals surface area contributed by atoms with Gasteiger partial charge in [0, 0.05) is 43.6 Å². The van der Waals surface area contributed by atoms with Crippen molar-refractivity contribution in [3.8, 4) is 5.75 Å². The van der Waals surface area contributed by atoms with E-state index in [2.05, 4.69) is 4.90 Å². The summed E-state index contributed by atoms with van der Waals surface area (Å²) in [5.74, 6) is 0.395. The van der Waals surface area contributed by atoms with E-state index < -0.39 is 0 Å². The van der Waals surface area contributed by atoms with Crippen molar-refractivity contribution < 1.29 is 9.90 Å². The second-order valence-electron chi connectivity index (χ2n) is 4.48.